The molecular formula is C15H20BrN3O. The number of nitrogens with zero attached hydrogens (tertiary/aromatic N) is 3. The van der Waals surface area contributed by atoms with Crippen LogP contribution in [0.3, 0.4) is 0 Å². The highest BCUT2D eigenvalue weighted by Gasteiger charge is 2.12. The van der Waals surface area contributed by atoms with Crippen molar-refractivity contribution in [3.63, 3.8) is 0 Å². The summed E-state index contributed by atoms with van der Waals surface area (Å²) < 4.78 is 2.93. The topological polar surface area (TPSA) is 50.9 Å². The van der Waals surface area contributed by atoms with Gasteiger partial charge in [0.05, 0.1) is 6.10 Å². The van der Waals surface area contributed by atoms with E-state index in [-0.39, 0.29) is 0 Å². The molecule has 0 saturated carbocycles. The van der Waals surface area contributed by atoms with Gasteiger partial charge in [0.25, 0.3) is 0 Å². The van der Waals surface area contributed by atoms with Gasteiger partial charge in [-0.15, -0.1) is 0 Å². The van der Waals surface area contributed by atoms with Crippen LogP contribution in [0.15, 0.2) is 35.1 Å². The molecule has 1 atom stereocenters. The highest BCUT2D eigenvalue weighted by Crippen LogP contribution is 2.13. The molecule has 1 aromatic heterocycles. The van der Waals surface area contributed by atoms with Crippen molar-refractivity contribution in [3.8, 4) is 0 Å². The average molecular weight is 338 g/mol. The van der Waals surface area contributed by atoms with Crippen molar-refractivity contribution in [2.24, 2.45) is 5.92 Å². The van der Waals surface area contributed by atoms with Gasteiger partial charge in [-0.3, -0.25) is 0 Å². The zero-order valence-corrected chi connectivity index (χ0v) is 13.4. The summed E-state index contributed by atoms with van der Waals surface area (Å²) in [5, 5.41) is 14.4. The highest BCUT2D eigenvalue weighted by atomic mass is 79.9. The summed E-state index contributed by atoms with van der Waals surface area (Å²) in [6.45, 7) is 5.12. The van der Waals surface area contributed by atoms with Gasteiger partial charge in [0.15, 0.2) is 0 Å². The third-order valence-corrected chi connectivity index (χ3v) is 3.57. The van der Waals surface area contributed by atoms with Gasteiger partial charge in [-0.05, 0) is 30.0 Å². The van der Waals surface area contributed by atoms with Crippen LogP contribution >= 0.6 is 15.9 Å². The molecule has 2 rings (SSSR count). The summed E-state index contributed by atoms with van der Waals surface area (Å²) >= 11 is 3.41. The van der Waals surface area contributed by atoms with E-state index in [2.05, 4.69) is 39.9 Å². The first-order valence-electron chi connectivity index (χ1n) is 6.83. The first-order valence-corrected chi connectivity index (χ1v) is 7.63. The minimum Gasteiger partial charge on any atom is -0.392 e. The molecule has 0 fully saturated rings. The Kier molecular flexibility index (Phi) is 5.31. The molecule has 0 saturated heterocycles. The number of benzene rings is 1. The van der Waals surface area contributed by atoms with Crippen molar-refractivity contribution >= 4 is 15.9 Å². The molecule has 2 aromatic rings. The lowest BCUT2D eigenvalue weighted by molar-refractivity contribution is 0.170. The number of aliphatic hydroxyl groups excluding tert-OH is 1. The minimum absolute atomic E-state index is 0.439. The summed E-state index contributed by atoms with van der Waals surface area (Å²) in [5.41, 5.74) is 1.12. The Labute approximate surface area is 128 Å². The van der Waals surface area contributed by atoms with Crippen LogP contribution in [0, 0.1) is 5.92 Å². The second kappa shape index (κ2) is 6.99. The van der Waals surface area contributed by atoms with Crippen molar-refractivity contribution in [1.29, 1.82) is 0 Å². The number of aliphatic hydroxyl groups is 1. The van der Waals surface area contributed by atoms with E-state index in [0.29, 0.717) is 18.8 Å². The molecule has 5 heteroatoms. The normalized spacial score (nSPS) is 12.8. The second-order valence-electron chi connectivity index (χ2n) is 5.44. The highest BCUT2D eigenvalue weighted by molar-refractivity contribution is 9.10. The van der Waals surface area contributed by atoms with Crippen molar-refractivity contribution in [3.05, 3.63) is 46.5 Å². The van der Waals surface area contributed by atoms with Gasteiger partial charge in [0, 0.05) is 17.4 Å². The van der Waals surface area contributed by atoms with Crippen LogP contribution in [0.25, 0.3) is 0 Å². The Morgan fingerprint density at radius 1 is 1.20 bits per heavy atom. The monoisotopic (exact) mass is 337 g/mol. The van der Waals surface area contributed by atoms with Crippen LogP contribution in [-0.4, -0.2) is 26.0 Å². The van der Waals surface area contributed by atoms with E-state index in [0.717, 1.165) is 22.4 Å². The maximum Gasteiger partial charge on any atom is 0.138 e. The van der Waals surface area contributed by atoms with E-state index in [9.17, 15) is 5.11 Å². The molecule has 1 heterocycles. The Hall–Kier alpha value is -1.20. The largest absolute Gasteiger partial charge is 0.392 e. The lowest BCUT2D eigenvalue weighted by atomic mass is 10.1. The van der Waals surface area contributed by atoms with Crippen LogP contribution < -0.4 is 0 Å². The smallest absolute Gasteiger partial charge is 0.138 e. The molecule has 0 bridgehead atoms. The van der Waals surface area contributed by atoms with Gasteiger partial charge in [-0.2, -0.15) is 5.10 Å². The van der Waals surface area contributed by atoms with E-state index in [1.807, 2.05) is 28.9 Å². The lowest BCUT2D eigenvalue weighted by Gasteiger charge is -2.12. The molecule has 1 aromatic carbocycles. The maximum absolute atomic E-state index is 10.2. The van der Waals surface area contributed by atoms with Gasteiger partial charge in [-0.1, -0.05) is 41.9 Å². The molecule has 108 valence electrons. The van der Waals surface area contributed by atoms with E-state index in [4.69, 9.17) is 0 Å². The van der Waals surface area contributed by atoms with Gasteiger partial charge in [-0.25, -0.2) is 9.67 Å². The molecule has 20 heavy (non-hydrogen) atoms. The zero-order chi connectivity index (χ0) is 14.5. The molecule has 1 N–H and O–H groups in total. The standard InChI is InChI=1S/C15H20BrN3O/c1-11(2)9-19-15(17-10-18-19)8-14(20)7-12-3-5-13(16)6-4-12/h3-6,10-11,14,20H,7-9H2,1-2H3. The van der Waals surface area contributed by atoms with Crippen molar-refractivity contribution in [1.82, 2.24) is 14.8 Å². The molecule has 1 unspecified atom stereocenters. The first-order chi connectivity index (χ1) is 9.54. The van der Waals surface area contributed by atoms with Crippen LogP contribution in [0.4, 0.5) is 0 Å². The summed E-state index contributed by atoms with van der Waals surface area (Å²) in [5.74, 6) is 1.36. The van der Waals surface area contributed by atoms with E-state index < -0.39 is 6.10 Å². The number of halogens is 1. The molecule has 0 aliphatic heterocycles. The summed E-state index contributed by atoms with van der Waals surface area (Å²) in [4.78, 5) is 4.25. The second-order valence-corrected chi connectivity index (χ2v) is 6.36. The molecule has 0 aliphatic rings. The fraction of sp³-hybridized carbons (Fsp3) is 0.467. The van der Waals surface area contributed by atoms with Gasteiger partial charge in [0.2, 0.25) is 0 Å². The molecule has 0 spiro atoms. The summed E-state index contributed by atoms with van der Waals surface area (Å²) in [6.07, 6.45) is 2.28. The van der Waals surface area contributed by atoms with Crippen molar-refractivity contribution < 1.29 is 5.11 Å². The van der Waals surface area contributed by atoms with E-state index in [1.165, 1.54) is 0 Å². The van der Waals surface area contributed by atoms with E-state index >= 15 is 0 Å². The molecule has 4 nitrogen and oxygen atoms in total. The van der Waals surface area contributed by atoms with Gasteiger partial charge < -0.3 is 5.11 Å². The Bertz CT molecular complexity index is 536. The SMILES string of the molecule is CC(C)Cn1ncnc1CC(O)Cc1ccc(Br)cc1. The van der Waals surface area contributed by atoms with Crippen LogP contribution in [0.5, 0.6) is 0 Å². The molecule has 0 radical (unpaired) electrons. The number of hydrogen-bond donors (Lipinski definition) is 1. The summed E-state index contributed by atoms with van der Waals surface area (Å²) in [7, 11) is 0. The average Bonchev–Trinajstić information content (AvgIpc) is 2.78. The predicted molar refractivity (Wildman–Crippen MR) is 82.4 cm³/mol. The predicted octanol–water partition coefficient (Wildman–Crippen LogP) is 2.84. The third kappa shape index (κ3) is 4.42. The summed E-state index contributed by atoms with van der Waals surface area (Å²) in [6, 6.07) is 8.02. The van der Waals surface area contributed by atoms with Gasteiger partial charge in [0.1, 0.15) is 12.2 Å². The van der Waals surface area contributed by atoms with Crippen LogP contribution in [-0.2, 0) is 19.4 Å². The molecule has 0 aliphatic carbocycles. The fourth-order valence-electron chi connectivity index (χ4n) is 2.12. The molecular weight excluding hydrogens is 318 g/mol. The Balaban J connectivity index is 1.96. The quantitative estimate of drug-likeness (QED) is 0.881. The van der Waals surface area contributed by atoms with Gasteiger partial charge >= 0.3 is 0 Å². The number of hydrogen-bond acceptors (Lipinski definition) is 3. The minimum atomic E-state index is -0.439. The number of rotatable bonds is 6. The van der Waals surface area contributed by atoms with Crippen LogP contribution in [0.1, 0.15) is 25.2 Å². The van der Waals surface area contributed by atoms with Crippen molar-refractivity contribution in [2.75, 3.05) is 0 Å². The van der Waals surface area contributed by atoms with Crippen LogP contribution in [0.2, 0.25) is 0 Å². The zero-order valence-electron chi connectivity index (χ0n) is 11.8. The third-order valence-electron chi connectivity index (χ3n) is 3.04. The van der Waals surface area contributed by atoms with E-state index in [1.54, 1.807) is 6.33 Å². The maximum atomic E-state index is 10.2. The van der Waals surface area contributed by atoms with Crippen molar-refractivity contribution in [2.45, 2.75) is 39.3 Å². The fourth-order valence-corrected chi connectivity index (χ4v) is 2.38. The Morgan fingerprint density at radius 2 is 1.90 bits per heavy atom. The number of aromatic nitrogens is 3. The lowest BCUT2D eigenvalue weighted by Crippen LogP contribution is -2.19. The molecule has 0 amide bonds. The Morgan fingerprint density at radius 3 is 2.55 bits per heavy atom. The first kappa shape index (κ1) is 15.2.